The zero-order valence-corrected chi connectivity index (χ0v) is 13.8. The molecule has 3 nitrogen and oxygen atoms in total. The van der Waals surface area contributed by atoms with Crippen molar-refractivity contribution in [2.45, 2.75) is 18.9 Å². The van der Waals surface area contributed by atoms with Crippen LogP contribution < -0.4 is 11.1 Å². The molecule has 116 valence electrons. The van der Waals surface area contributed by atoms with E-state index in [1.807, 2.05) is 49.4 Å². The van der Waals surface area contributed by atoms with Crippen LogP contribution in [0.5, 0.6) is 0 Å². The van der Waals surface area contributed by atoms with Crippen LogP contribution in [0, 0.1) is 0 Å². The second kappa shape index (κ2) is 7.14. The van der Waals surface area contributed by atoms with E-state index in [-0.39, 0.29) is 12.5 Å². The second-order valence-corrected chi connectivity index (χ2v) is 6.19. The molecule has 0 fully saturated rings. The van der Waals surface area contributed by atoms with Crippen molar-refractivity contribution in [3.05, 3.63) is 69.7 Å². The first-order valence-corrected chi connectivity index (χ1v) is 7.71. The van der Waals surface area contributed by atoms with E-state index in [9.17, 15) is 4.79 Å². The van der Waals surface area contributed by atoms with Crippen molar-refractivity contribution in [3.8, 4) is 0 Å². The van der Waals surface area contributed by atoms with Crippen LogP contribution in [0.1, 0.15) is 18.1 Å². The molecule has 0 saturated heterocycles. The number of amides is 1. The smallest absolute Gasteiger partial charge is 0.234 e. The third-order valence-electron chi connectivity index (χ3n) is 3.55. The minimum atomic E-state index is -0.575. The summed E-state index contributed by atoms with van der Waals surface area (Å²) in [5, 5.41) is 4.01. The van der Waals surface area contributed by atoms with Crippen LogP contribution in [0.25, 0.3) is 0 Å². The van der Waals surface area contributed by atoms with Gasteiger partial charge in [0.05, 0.1) is 22.1 Å². The average molecular weight is 337 g/mol. The fraction of sp³-hybridized carbons (Fsp3) is 0.235. The lowest BCUT2D eigenvalue weighted by Gasteiger charge is -2.32. The minimum Gasteiger partial charge on any atom is -0.345 e. The van der Waals surface area contributed by atoms with Gasteiger partial charge in [0.1, 0.15) is 0 Å². The predicted molar refractivity (Wildman–Crippen MR) is 91.2 cm³/mol. The van der Waals surface area contributed by atoms with Crippen LogP contribution in [0.3, 0.4) is 0 Å². The van der Waals surface area contributed by atoms with Crippen LogP contribution >= 0.6 is 23.2 Å². The molecule has 2 rings (SSSR count). The molecule has 5 heteroatoms. The van der Waals surface area contributed by atoms with Crippen LogP contribution in [-0.4, -0.2) is 12.5 Å². The summed E-state index contributed by atoms with van der Waals surface area (Å²) in [6, 6.07) is 15.3. The summed E-state index contributed by atoms with van der Waals surface area (Å²) in [5.74, 6) is -0.202. The van der Waals surface area contributed by atoms with E-state index in [4.69, 9.17) is 28.9 Å². The van der Waals surface area contributed by atoms with Crippen molar-refractivity contribution in [3.63, 3.8) is 0 Å². The topological polar surface area (TPSA) is 55.1 Å². The van der Waals surface area contributed by atoms with Crippen LogP contribution in [-0.2, 0) is 16.8 Å². The quantitative estimate of drug-likeness (QED) is 0.877. The molecule has 0 aromatic heterocycles. The highest BCUT2D eigenvalue weighted by atomic mass is 35.5. The Morgan fingerprint density at radius 1 is 1.14 bits per heavy atom. The molecule has 0 bridgehead atoms. The van der Waals surface area contributed by atoms with Crippen molar-refractivity contribution >= 4 is 29.1 Å². The Morgan fingerprint density at radius 2 is 1.82 bits per heavy atom. The zero-order valence-electron chi connectivity index (χ0n) is 12.3. The Hall–Kier alpha value is -1.55. The van der Waals surface area contributed by atoms with E-state index < -0.39 is 5.54 Å². The number of nitrogens with two attached hydrogens (primary N) is 1. The molecule has 0 spiro atoms. The molecule has 2 aromatic carbocycles. The average Bonchev–Trinajstić information content (AvgIpc) is 2.51. The molecule has 0 saturated carbocycles. The normalized spacial score (nSPS) is 13.5. The van der Waals surface area contributed by atoms with Crippen molar-refractivity contribution in [2.75, 3.05) is 6.54 Å². The maximum atomic E-state index is 11.8. The fourth-order valence-corrected chi connectivity index (χ4v) is 2.76. The monoisotopic (exact) mass is 336 g/mol. The molecular weight excluding hydrogens is 319 g/mol. The number of carbonyl (C=O) groups is 1. The molecule has 0 heterocycles. The van der Waals surface area contributed by atoms with E-state index in [1.54, 1.807) is 6.07 Å². The van der Waals surface area contributed by atoms with Gasteiger partial charge in [0.25, 0.3) is 0 Å². The lowest BCUT2D eigenvalue weighted by Crippen LogP contribution is -2.47. The van der Waals surface area contributed by atoms with Gasteiger partial charge in [-0.05, 0) is 36.6 Å². The van der Waals surface area contributed by atoms with Gasteiger partial charge in [0.15, 0.2) is 0 Å². The van der Waals surface area contributed by atoms with Crippen molar-refractivity contribution in [2.24, 2.45) is 5.73 Å². The Kier molecular flexibility index (Phi) is 5.46. The largest absolute Gasteiger partial charge is 0.345 e. The standard InChI is InChI=1S/C17H18Cl2N2O/c1-17(21-16(22)11-20,13-5-3-2-4-6-13)10-12-7-8-14(18)15(19)9-12/h2-9H,10-11,20H2,1H3,(H,21,22). The van der Waals surface area contributed by atoms with Gasteiger partial charge in [-0.15, -0.1) is 0 Å². The van der Waals surface area contributed by atoms with E-state index >= 15 is 0 Å². The summed E-state index contributed by atoms with van der Waals surface area (Å²) in [4.78, 5) is 11.8. The van der Waals surface area contributed by atoms with Gasteiger partial charge in [0.2, 0.25) is 5.91 Å². The van der Waals surface area contributed by atoms with Crippen molar-refractivity contribution in [1.82, 2.24) is 5.32 Å². The molecule has 3 N–H and O–H groups in total. The molecule has 0 radical (unpaired) electrons. The van der Waals surface area contributed by atoms with Crippen LogP contribution in [0.15, 0.2) is 48.5 Å². The predicted octanol–water partition coefficient (Wildman–Crippen LogP) is 3.53. The molecule has 1 amide bonds. The van der Waals surface area contributed by atoms with Crippen LogP contribution in [0.2, 0.25) is 10.0 Å². The van der Waals surface area contributed by atoms with Gasteiger partial charge in [-0.1, -0.05) is 59.6 Å². The highest BCUT2D eigenvalue weighted by Gasteiger charge is 2.28. The number of benzene rings is 2. The number of hydrogen-bond acceptors (Lipinski definition) is 2. The Labute approximate surface area is 140 Å². The third-order valence-corrected chi connectivity index (χ3v) is 4.29. The number of hydrogen-bond donors (Lipinski definition) is 2. The first-order valence-electron chi connectivity index (χ1n) is 6.95. The summed E-state index contributed by atoms with van der Waals surface area (Å²) in [6.45, 7) is 1.92. The maximum absolute atomic E-state index is 11.8. The van der Waals surface area contributed by atoms with Gasteiger partial charge in [-0.3, -0.25) is 4.79 Å². The Bertz CT molecular complexity index is 661. The molecule has 0 aliphatic carbocycles. The van der Waals surface area contributed by atoms with Crippen molar-refractivity contribution < 1.29 is 4.79 Å². The highest BCUT2D eigenvalue weighted by Crippen LogP contribution is 2.29. The number of carbonyl (C=O) groups excluding carboxylic acids is 1. The Balaban J connectivity index is 2.35. The molecule has 22 heavy (non-hydrogen) atoms. The lowest BCUT2D eigenvalue weighted by atomic mass is 9.85. The first kappa shape index (κ1) is 16.8. The summed E-state index contributed by atoms with van der Waals surface area (Å²) in [6.07, 6.45) is 0.583. The summed E-state index contributed by atoms with van der Waals surface area (Å²) in [5.41, 5.74) is 6.86. The third kappa shape index (κ3) is 4.01. The van der Waals surface area contributed by atoms with E-state index in [2.05, 4.69) is 5.32 Å². The van der Waals surface area contributed by atoms with E-state index in [0.29, 0.717) is 16.5 Å². The van der Waals surface area contributed by atoms with Gasteiger partial charge < -0.3 is 11.1 Å². The molecule has 0 aliphatic rings. The molecule has 0 aliphatic heterocycles. The SMILES string of the molecule is CC(Cc1ccc(Cl)c(Cl)c1)(NC(=O)CN)c1ccccc1. The summed E-state index contributed by atoms with van der Waals surface area (Å²) < 4.78 is 0. The highest BCUT2D eigenvalue weighted by molar-refractivity contribution is 6.42. The van der Waals surface area contributed by atoms with Gasteiger partial charge in [-0.2, -0.15) is 0 Å². The zero-order chi connectivity index (χ0) is 16.2. The molecule has 2 aromatic rings. The summed E-state index contributed by atoms with van der Waals surface area (Å²) >= 11 is 12.0. The number of halogens is 2. The van der Waals surface area contributed by atoms with Crippen LogP contribution in [0.4, 0.5) is 0 Å². The number of nitrogens with one attached hydrogen (secondary N) is 1. The van der Waals surface area contributed by atoms with E-state index in [0.717, 1.165) is 11.1 Å². The molecule has 1 atom stereocenters. The molecule has 1 unspecified atom stereocenters. The first-order chi connectivity index (χ1) is 10.4. The maximum Gasteiger partial charge on any atom is 0.234 e. The fourth-order valence-electron chi connectivity index (χ4n) is 2.44. The summed E-state index contributed by atoms with van der Waals surface area (Å²) in [7, 11) is 0. The second-order valence-electron chi connectivity index (χ2n) is 5.38. The van der Waals surface area contributed by atoms with Gasteiger partial charge in [0, 0.05) is 0 Å². The Morgan fingerprint density at radius 3 is 2.41 bits per heavy atom. The minimum absolute atomic E-state index is 0.0518. The number of rotatable bonds is 5. The molecular formula is C17H18Cl2N2O. The lowest BCUT2D eigenvalue weighted by molar-refractivity contribution is -0.121. The van der Waals surface area contributed by atoms with Gasteiger partial charge >= 0.3 is 0 Å². The van der Waals surface area contributed by atoms with E-state index in [1.165, 1.54) is 0 Å². The van der Waals surface area contributed by atoms with Crippen molar-refractivity contribution in [1.29, 1.82) is 0 Å². The van der Waals surface area contributed by atoms with Gasteiger partial charge in [-0.25, -0.2) is 0 Å².